The Kier molecular flexibility index (Phi) is 4.39. The van der Waals surface area contributed by atoms with E-state index < -0.39 is 0 Å². The standard InChI is InChI=1S/C18H23N3O/c1-15(22)20-17-8-12-21(13-9-17)18(10-5-11-19-18)14-16-6-3-2-4-7-16/h2-7,10-11,17H,8-9,12-14H2,1H3,(H,20,22). The van der Waals surface area contributed by atoms with Gasteiger partial charge in [0.2, 0.25) is 5.91 Å². The second kappa shape index (κ2) is 6.44. The number of amides is 1. The summed E-state index contributed by atoms with van der Waals surface area (Å²) in [5.41, 5.74) is 1.05. The van der Waals surface area contributed by atoms with Gasteiger partial charge < -0.3 is 5.32 Å². The number of nitrogens with zero attached hydrogens (tertiary/aromatic N) is 2. The van der Waals surface area contributed by atoms with Gasteiger partial charge in [-0.2, -0.15) is 0 Å². The van der Waals surface area contributed by atoms with Gasteiger partial charge in [0.1, 0.15) is 5.66 Å². The first-order valence-electron chi connectivity index (χ1n) is 7.97. The number of hydrogen-bond donors (Lipinski definition) is 1. The summed E-state index contributed by atoms with van der Waals surface area (Å²) in [6, 6.07) is 10.8. The fourth-order valence-corrected chi connectivity index (χ4v) is 3.41. The molecule has 0 aliphatic carbocycles. The maximum Gasteiger partial charge on any atom is 0.217 e. The number of hydrogen-bond acceptors (Lipinski definition) is 3. The van der Waals surface area contributed by atoms with Crippen LogP contribution in [0.1, 0.15) is 25.3 Å². The molecule has 22 heavy (non-hydrogen) atoms. The van der Waals surface area contributed by atoms with Crippen LogP contribution in [0.3, 0.4) is 0 Å². The van der Waals surface area contributed by atoms with Crippen molar-refractivity contribution in [1.29, 1.82) is 0 Å². The molecule has 0 spiro atoms. The number of allylic oxidation sites excluding steroid dienone is 1. The summed E-state index contributed by atoms with van der Waals surface area (Å²) in [6.45, 7) is 3.51. The van der Waals surface area contributed by atoms with Crippen LogP contribution in [0.5, 0.6) is 0 Å². The minimum atomic E-state index is -0.247. The van der Waals surface area contributed by atoms with E-state index in [0.717, 1.165) is 32.4 Å². The van der Waals surface area contributed by atoms with Gasteiger partial charge in [-0.1, -0.05) is 30.3 Å². The maximum atomic E-state index is 11.2. The quantitative estimate of drug-likeness (QED) is 0.925. The van der Waals surface area contributed by atoms with Crippen LogP contribution in [0.2, 0.25) is 0 Å². The van der Waals surface area contributed by atoms with Gasteiger partial charge in [0.05, 0.1) is 0 Å². The normalized spacial score (nSPS) is 25.5. The molecule has 1 aromatic rings. The van der Waals surface area contributed by atoms with Crippen molar-refractivity contribution in [2.24, 2.45) is 4.99 Å². The molecule has 1 atom stereocenters. The zero-order valence-corrected chi connectivity index (χ0v) is 13.0. The molecule has 1 aromatic carbocycles. The summed E-state index contributed by atoms with van der Waals surface area (Å²) in [5.74, 6) is 0.0660. The number of likely N-dealkylation sites (tertiary alicyclic amines) is 1. The third-order valence-electron chi connectivity index (χ3n) is 4.50. The molecule has 116 valence electrons. The van der Waals surface area contributed by atoms with Crippen LogP contribution in [0.15, 0.2) is 47.5 Å². The zero-order chi connectivity index (χ0) is 15.4. The molecule has 3 rings (SSSR count). The molecular formula is C18H23N3O. The first kappa shape index (κ1) is 15.0. The zero-order valence-electron chi connectivity index (χ0n) is 13.0. The Hall–Kier alpha value is -1.94. The number of aliphatic imine (C=N–C) groups is 1. The van der Waals surface area contributed by atoms with E-state index in [9.17, 15) is 4.79 Å². The summed E-state index contributed by atoms with van der Waals surface area (Å²) in [6.07, 6.45) is 9.02. The van der Waals surface area contributed by atoms with E-state index in [-0.39, 0.29) is 11.6 Å². The third-order valence-corrected chi connectivity index (χ3v) is 4.50. The number of carbonyl (C=O) groups is 1. The van der Waals surface area contributed by atoms with E-state index in [0.29, 0.717) is 6.04 Å². The first-order chi connectivity index (χ1) is 10.7. The average molecular weight is 297 g/mol. The monoisotopic (exact) mass is 297 g/mol. The first-order valence-corrected chi connectivity index (χ1v) is 7.97. The lowest BCUT2D eigenvalue weighted by molar-refractivity contribution is -0.120. The van der Waals surface area contributed by atoms with Crippen LogP contribution in [0.4, 0.5) is 0 Å². The highest BCUT2D eigenvalue weighted by Gasteiger charge is 2.37. The topological polar surface area (TPSA) is 44.7 Å². The van der Waals surface area contributed by atoms with Crippen LogP contribution >= 0.6 is 0 Å². The van der Waals surface area contributed by atoms with Gasteiger partial charge in [-0.3, -0.25) is 14.7 Å². The molecule has 2 aliphatic heterocycles. The highest BCUT2D eigenvalue weighted by Crippen LogP contribution is 2.30. The van der Waals surface area contributed by atoms with E-state index in [1.165, 1.54) is 5.56 Å². The van der Waals surface area contributed by atoms with E-state index in [1.54, 1.807) is 6.92 Å². The Morgan fingerprint density at radius 3 is 2.64 bits per heavy atom. The Morgan fingerprint density at radius 1 is 1.32 bits per heavy atom. The van der Waals surface area contributed by atoms with Crippen molar-refractivity contribution in [3.05, 3.63) is 48.0 Å². The molecule has 2 aliphatic rings. The third kappa shape index (κ3) is 3.28. The SMILES string of the molecule is CC(=O)NC1CCN(C2(Cc3ccccc3)C=CC=N2)CC1. The molecule has 4 nitrogen and oxygen atoms in total. The van der Waals surface area contributed by atoms with Crippen molar-refractivity contribution < 1.29 is 4.79 Å². The summed E-state index contributed by atoms with van der Waals surface area (Å²) >= 11 is 0. The number of rotatable bonds is 4. The molecule has 0 saturated carbocycles. The predicted molar refractivity (Wildman–Crippen MR) is 88.9 cm³/mol. The van der Waals surface area contributed by atoms with E-state index in [2.05, 4.69) is 40.6 Å². The van der Waals surface area contributed by atoms with Crippen molar-refractivity contribution in [3.63, 3.8) is 0 Å². The fraction of sp³-hybridized carbons (Fsp3) is 0.444. The fourth-order valence-electron chi connectivity index (χ4n) is 3.41. The summed E-state index contributed by atoms with van der Waals surface area (Å²) in [7, 11) is 0. The summed E-state index contributed by atoms with van der Waals surface area (Å²) < 4.78 is 0. The molecule has 4 heteroatoms. The molecule has 0 radical (unpaired) electrons. The maximum absolute atomic E-state index is 11.2. The minimum Gasteiger partial charge on any atom is -0.354 e. The van der Waals surface area contributed by atoms with Gasteiger partial charge in [0.25, 0.3) is 0 Å². The smallest absolute Gasteiger partial charge is 0.217 e. The Bertz CT molecular complexity index is 559. The van der Waals surface area contributed by atoms with E-state index >= 15 is 0 Å². The lowest BCUT2D eigenvalue weighted by Crippen LogP contribution is -2.53. The van der Waals surface area contributed by atoms with Gasteiger partial charge in [-0.25, -0.2) is 0 Å². The largest absolute Gasteiger partial charge is 0.354 e. The van der Waals surface area contributed by atoms with Gasteiger partial charge >= 0.3 is 0 Å². The second-order valence-corrected chi connectivity index (χ2v) is 6.14. The van der Waals surface area contributed by atoms with Gasteiger partial charge in [0.15, 0.2) is 0 Å². The van der Waals surface area contributed by atoms with Crippen molar-refractivity contribution in [2.45, 2.75) is 37.9 Å². The number of nitrogens with one attached hydrogen (secondary N) is 1. The number of benzene rings is 1. The molecule has 1 unspecified atom stereocenters. The van der Waals surface area contributed by atoms with E-state index in [4.69, 9.17) is 4.99 Å². The van der Waals surface area contributed by atoms with Gasteiger partial charge in [0, 0.05) is 38.7 Å². The molecule has 2 heterocycles. The van der Waals surface area contributed by atoms with Crippen LogP contribution in [0.25, 0.3) is 0 Å². The molecule has 1 N–H and O–H groups in total. The Morgan fingerprint density at radius 2 is 2.05 bits per heavy atom. The van der Waals surface area contributed by atoms with E-state index in [1.807, 2.05) is 18.4 Å². The second-order valence-electron chi connectivity index (χ2n) is 6.14. The minimum absolute atomic E-state index is 0.0660. The Balaban J connectivity index is 1.69. The predicted octanol–water partition coefficient (Wildman–Crippen LogP) is 2.17. The molecule has 1 amide bonds. The lowest BCUT2D eigenvalue weighted by Gasteiger charge is -2.42. The number of piperidine rings is 1. The highest BCUT2D eigenvalue weighted by molar-refractivity contribution is 5.75. The van der Waals surface area contributed by atoms with Crippen molar-refractivity contribution >= 4 is 12.1 Å². The van der Waals surface area contributed by atoms with Crippen molar-refractivity contribution in [3.8, 4) is 0 Å². The molecular weight excluding hydrogens is 274 g/mol. The van der Waals surface area contributed by atoms with Gasteiger partial charge in [-0.05, 0) is 30.6 Å². The van der Waals surface area contributed by atoms with Crippen molar-refractivity contribution in [1.82, 2.24) is 10.2 Å². The molecule has 1 fully saturated rings. The van der Waals surface area contributed by atoms with Crippen LogP contribution < -0.4 is 5.32 Å². The van der Waals surface area contributed by atoms with Gasteiger partial charge in [-0.15, -0.1) is 0 Å². The molecule has 0 bridgehead atoms. The molecule has 0 aromatic heterocycles. The molecule has 1 saturated heterocycles. The Labute approximate surface area is 131 Å². The van der Waals surface area contributed by atoms with Crippen molar-refractivity contribution in [2.75, 3.05) is 13.1 Å². The van der Waals surface area contributed by atoms with Crippen LogP contribution in [-0.4, -0.2) is 41.8 Å². The summed E-state index contributed by atoms with van der Waals surface area (Å²) in [4.78, 5) is 18.4. The summed E-state index contributed by atoms with van der Waals surface area (Å²) in [5, 5.41) is 3.03. The number of carbonyl (C=O) groups excluding carboxylic acids is 1. The highest BCUT2D eigenvalue weighted by atomic mass is 16.1. The van der Waals surface area contributed by atoms with Crippen LogP contribution in [0, 0.1) is 0 Å². The lowest BCUT2D eigenvalue weighted by atomic mass is 9.94. The average Bonchev–Trinajstić information content (AvgIpc) is 2.98. The van der Waals surface area contributed by atoms with Crippen LogP contribution in [-0.2, 0) is 11.2 Å².